The van der Waals surface area contributed by atoms with Gasteiger partial charge < -0.3 is 9.88 Å². The van der Waals surface area contributed by atoms with Crippen LogP contribution in [0.1, 0.15) is 45.1 Å². The van der Waals surface area contributed by atoms with E-state index in [0.29, 0.717) is 6.54 Å². The largest absolute Gasteiger partial charge is 0.346 e. The van der Waals surface area contributed by atoms with Crippen molar-refractivity contribution in [3.63, 3.8) is 0 Å². The summed E-state index contributed by atoms with van der Waals surface area (Å²) < 4.78 is 2.17. The van der Waals surface area contributed by atoms with Crippen LogP contribution in [0.15, 0.2) is 60.7 Å². The van der Waals surface area contributed by atoms with E-state index in [1.54, 1.807) is 0 Å². The van der Waals surface area contributed by atoms with Crippen molar-refractivity contribution in [1.29, 1.82) is 0 Å². The average molecular weight is 361 g/mol. The lowest BCUT2D eigenvalue weighted by atomic mass is 9.95. The van der Waals surface area contributed by atoms with Gasteiger partial charge in [0.2, 0.25) is 5.91 Å². The number of allylic oxidation sites excluding steroid dienone is 1. The number of carbonyl (C=O) groups excluding carboxylic acids is 1. The van der Waals surface area contributed by atoms with Gasteiger partial charge in [0, 0.05) is 12.0 Å². The van der Waals surface area contributed by atoms with Crippen LogP contribution >= 0.6 is 0 Å². The van der Waals surface area contributed by atoms with Gasteiger partial charge in [-0.3, -0.25) is 4.79 Å². The van der Waals surface area contributed by atoms with Gasteiger partial charge in [0.25, 0.3) is 0 Å². The first kappa shape index (κ1) is 18.9. The summed E-state index contributed by atoms with van der Waals surface area (Å²) in [4.78, 5) is 17.2. The molecule has 3 aromatic rings. The number of fused-ring (bicyclic) bond motifs is 1. The number of para-hydroxylation sites is 2. The normalized spacial score (nSPS) is 13.2. The summed E-state index contributed by atoms with van der Waals surface area (Å²) in [7, 11) is 0. The number of hydrogen-bond donors (Lipinski definition) is 1. The van der Waals surface area contributed by atoms with E-state index in [9.17, 15) is 4.79 Å². The Balaban J connectivity index is 1.89. The lowest BCUT2D eigenvalue weighted by Crippen LogP contribution is -2.37. The first-order chi connectivity index (χ1) is 12.9. The van der Waals surface area contributed by atoms with Crippen LogP contribution in [0.2, 0.25) is 0 Å². The van der Waals surface area contributed by atoms with E-state index in [4.69, 9.17) is 4.98 Å². The highest BCUT2D eigenvalue weighted by Gasteiger charge is 2.25. The van der Waals surface area contributed by atoms with Gasteiger partial charge in [-0.25, -0.2) is 4.98 Å². The van der Waals surface area contributed by atoms with Crippen molar-refractivity contribution in [3.8, 4) is 0 Å². The molecule has 1 N–H and O–H groups in total. The van der Waals surface area contributed by atoms with E-state index in [2.05, 4.69) is 40.2 Å². The fourth-order valence-corrected chi connectivity index (χ4v) is 2.95. The van der Waals surface area contributed by atoms with Gasteiger partial charge in [0.15, 0.2) is 0 Å². The van der Waals surface area contributed by atoms with Gasteiger partial charge >= 0.3 is 0 Å². The predicted molar refractivity (Wildman–Crippen MR) is 111 cm³/mol. The minimum atomic E-state index is -0.432. The van der Waals surface area contributed by atoms with Gasteiger partial charge in [0.05, 0.1) is 17.1 Å². The molecule has 4 heteroatoms. The highest BCUT2D eigenvalue weighted by atomic mass is 16.2. The molecule has 1 heterocycles. The number of nitrogens with one attached hydrogen (secondary N) is 1. The molecule has 0 saturated carbocycles. The molecule has 0 aliphatic carbocycles. The van der Waals surface area contributed by atoms with Gasteiger partial charge in [0.1, 0.15) is 5.82 Å². The fraction of sp³-hybridized carbons (Fsp3) is 0.304. The predicted octanol–water partition coefficient (Wildman–Crippen LogP) is 4.97. The second-order valence-electron chi connectivity index (χ2n) is 7.83. The molecular weight excluding hydrogens is 334 g/mol. The Bertz CT molecular complexity index is 949. The molecule has 0 saturated heterocycles. The highest BCUT2D eigenvalue weighted by molar-refractivity contribution is 5.82. The van der Waals surface area contributed by atoms with Crippen molar-refractivity contribution in [2.24, 2.45) is 5.41 Å². The number of imidazole rings is 1. The van der Waals surface area contributed by atoms with Gasteiger partial charge in [-0.2, -0.15) is 0 Å². The van der Waals surface area contributed by atoms with Crippen LogP contribution in [-0.4, -0.2) is 15.5 Å². The third-order valence-electron chi connectivity index (χ3n) is 4.50. The Morgan fingerprint density at radius 1 is 1.11 bits per heavy atom. The standard InChI is InChI=1S/C23H27N3O/c1-17(24-22(27)23(2,3)4)21-25-19-14-8-9-15-20(19)26(21)16-10-13-18-11-6-5-7-12-18/h5-15,17H,16H2,1-4H3,(H,24,27)/b13-10+. The Kier molecular flexibility index (Phi) is 5.45. The molecule has 1 aromatic heterocycles. The maximum Gasteiger partial charge on any atom is 0.225 e. The van der Waals surface area contributed by atoms with Crippen LogP contribution in [0.25, 0.3) is 17.1 Å². The molecule has 0 aliphatic rings. The summed E-state index contributed by atoms with van der Waals surface area (Å²) in [6.07, 6.45) is 4.24. The van der Waals surface area contributed by atoms with Gasteiger partial charge in [-0.1, -0.05) is 75.4 Å². The molecule has 2 aromatic carbocycles. The van der Waals surface area contributed by atoms with E-state index >= 15 is 0 Å². The van der Waals surface area contributed by atoms with Crippen LogP contribution in [-0.2, 0) is 11.3 Å². The Morgan fingerprint density at radius 2 is 1.78 bits per heavy atom. The molecule has 0 bridgehead atoms. The molecule has 0 radical (unpaired) electrons. The maximum absolute atomic E-state index is 12.4. The van der Waals surface area contributed by atoms with Crippen LogP contribution in [0.5, 0.6) is 0 Å². The van der Waals surface area contributed by atoms with E-state index in [0.717, 1.165) is 22.4 Å². The molecule has 0 aliphatic heterocycles. The van der Waals surface area contributed by atoms with Crippen LogP contribution in [0.4, 0.5) is 0 Å². The molecule has 1 amide bonds. The summed E-state index contributed by atoms with van der Waals surface area (Å²) in [6.45, 7) is 8.44. The van der Waals surface area contributed by atoms with E-state index < -0.39 is 5.41 Å². The number of rotatable bonds is 5. The molecule has 27 heavy (non-hydrogen) atoms. The smallest absolute Gasteiger partial charge is 0.225 e. The fourth-order valence-electron chi connectivity index (χ4n) is 2.95. The zero-order valence-corrected chi connectivity index (χ0v) is 16.4. The molecule has 0 fully saturated rings. The number of aromatic nitrogens is 2. The minimum Gasteiger partial charge on any atom is -0.346 e. The number of amides is 1. The zero-order valence-electron chi connectivity index (χ0n) is 16.4. The second kappa shape index (κ2) is 7.78. The van der Waals surface area contributed by atoms with Crippen molar-refractivity contribution in [2.75, 3.05) is 0 Å². The molecule has 3 rings (SSSR count). The molecule has 4 nitrogen and oxygen atoms in total. The summed E-state index contributed by atoms with van der Waals surface area (Å²) in [5.41, 5.74) is 2.75. The Labute approximate surface area is 160 Å². The van der Waals surface area contributed by atoms with Crippen molar-refractivity contribution in [2.45, 2.75) is 40.3 Å². The van der Waals surface area contributed by atoms with Gasteiger partial charge in [-0.05, 0) is 24.6 Å². The van der Waals surface area contributed by atoms with E-state index in [-0.39, 0.29) is 11.9 Å². The summed E-state index contributed by atoms with van der Waals surface area (Å²) in [6, 6.07) is 18.1. The van der Waals surface area contributed by atoms with Crippen LogP contribution in [0, 0.1) is 5.41 Å². The monoisotopic (exact) mass is 361 g/mol. The maximum atomic E-state index is 12.4. The third kappa shape index (κ3) is 4.45. The molecule has 0 spiro atoms. The molecular formula is C23H27N3O. The summed E-state index contributed by atoms with van der Waals surface area (Å²) in [5.74, 6) is 0.889. The lowest BCUT2D eigenvalue weighted by molar-refractivity contribution is -0.129. The van der Waals surface area contributed by atoms with Crippen molar-refractivity contribution in [1.82, 2.24) is 14.9 Å². The molecule has 1 atom stereocenters. The first-order valence-electron chi connectivity index (χ1n) is 9.34. The van der Waals surface area contributed by atoms with Gasteiger partial charge in [-0.15, -0.1) is 0 Å². The quantitative estimate of drug-likeness (QED) is 0.697. The molecule has 140 valence electrons. The highest BCUT2D eigenvalue weighted by Crippen LogP contribution is 2.23. The topological polar surface area (TPSA) is 46.9 Å². The number of nitrogens with zero attached hydrogens (tertiary/aromatic N) is 2. The zero-order chi connectivity index (χ0) is 19.4. The SMILES string of the molecule is CC(NC(=O)C(C)(C)C)c1nc2ccccc2n1C/C=C/c1ccccc1. The van der Waals surface area contributed by atoms with Crippen molar-refractivity contribution >= 4 is 23.0 Å². The van der Waals surface area contributed by atoms with Crippen LogP contribution in [0.3, 0.4) is 0 Å². The lowest BCUT2D eigenvalue weighted by Gasteiger charge is -2.22. The second-order valence-corrected chi connectivity index (χ2v) is 7.83. The van der Waals surface area contributed by atoms with Crippen molar-refractivity contribution in [3.05, 3.63) is 72.1 Å². The minimum absolute atomic E-state index is 0.0217. The van der Waals surface area contributed by atoms with Crippen LogP contribution < -0.4 is 5.32 Å². The Morgan fingerprint density at radius 3 is 2.48 bits per heavy atom. The number of hydrogen-bond acceptors (Lipinski definition) is 2. The number of benzene rings is 2. The third-order valence-corrected chi connectivity index (χ3v) is 4.50. The number of carbonyl (C=O) groups is 1. The van der Waals surface area contributed by atoms with E-state index in [1.807, 2.05) is 64.1 Å². The first-order valence-corrected chi connectivity index (χ1v) is 9.34. The average Bonchev–Trinajstić information content (AvgIpc) is 3.01. The summed E-state index contributed by atoms with van der Waals surface area (Å²) >= 11 is 0. The van der Waals surface area contributed by atoms with Crippen molar-refractivity contribution < 1.29 is 4.79 Å². The van der Waals surface area contributed by atoms with E-state index in [1.165, 1.54) is 0 Å². The molecule has 1 unspecified atom stereocenters. The summed E-state index contributed by atoms with van der Waals surface area (Å²) in [5, 5.41) is 3.10. The Hall–Kier alpha value is -2.88.